The van der Waals surface area contributed by atoms with Crippen LogP contribution in [0.15, 0.2) is 109 Å². The number of rotatable bonds is 53. The maximum atomic E-state index is 12.9. The van der Waals surface area contributed by atoms with Gasteiger partial charge in [-0.3, -0.25) is 14.4 Å². The van der Waals surface area contributed by atoms with Crippen LogP contribution in [0.2, 0.25) is 0 Å². The van der Waals surface area contributed by atoms with E-state index < -0.39 is 6.10 Å². The van der Waals surface area contributed by atoms with E-state index in [2.05, 4.69) is 130 Å². The Kier molecular flexibility index (Phi) is 56.4. The molecule has 0 N–H and O–H groups in total. The van der Waals surface area contributed by atoms with Crippen molar-refractivity contribution in [1.29, 1.82) is 0 Å². The van der Waals surface area contributed by atoms with Gasteiger partial charge in [0.25, 0.3) is 0 Å². The molecule has 0 aromatic heterocycles. The van der Waals surface area contributed by atoms with Gasteiger partial charge in [0.15, 0.2) is 6.10 Å². The molecule has 410 valence electrons. The standard InChI is InChI=1S/C66H110O6/c1-4-7-10-13-16-19-22-25-28-30-32-33-34-36-38-41-44-47-50-53-56-59-65(68)71-62-63(61-70-64(67)58-55-52-49-46-43-40-37-27-24-21-18-15-12-9-6-3)72-66(69)60-57-54-51-48-45-42-39-35-31-29-26-23-20-17-14-11-8-5-2/h7,9-10,12,16,18-19,21,25,27-28,32-33,36-38,43,46,63H,4-6,8,11,13-15,17,20,22-24,26,29-31,34-35,39-42,44-45,47-62H2,1-3H3/b10-7-,12-9-,19-16-,21-18-,28-25-,33-32-,37-27-,38-36-,46-43-. The van der Waals surface area contributed by atoms with Crippen molar-refractivity contribution >= 4 is 17.9 Å². The Balaban J connectivity index is 4.46. The molecule has 6 nitrogen and oxygen atoms in total. The van der Waals surface area contributed by atoms with E-state index >= 15 is 0 Å². The fourth-order valence-electron chi connectivity index (χ4n) is 8.11. The third-order valence-corrected chi connectivity index (χ3v) is 12.5. The molecule has 0 rings (SSSR count). The first-order chi connectivity index (χ1) is 35.5. The summed E-state index contributed by atoms with van der Waals surface area (Å²) in [4.78, 5) is 38.2. The lowest BCUT2D eigenvalue weighted by molar-refractivity contribution is -0.167. The predicted molar refractivity (Wildman–Crippen MR) is 311 cm³/mol. The second kappa shape index (κ2) is 59.6. The second-order valence-corrected chi connectivity index (χ2v) is 19.5. The molecular weight excluding hydrogens is 889 g/mol. The fourth-order valence-corrected chi connectivity index (χ4v) is 8.11. The highest BCUT2D eigenvalue weighted by atomic mass is 16.6. The van der Waals surface area contributed by atoms with Gasteiger partial charge in [0.2, 0.25) is 0 Å². The van der Waals surface area contributed by atoms with Crippen molar-refractivity contribution in [2.24, 2.45) is 0 Å². The maximum absolute atomic E-state index is 12.9. The minimum absolute atomic E-state index is 0.101. The Morgan fingerprint density at radius 2 is 0.542 bits per heavy atom. The maximum Gasteiger partial charge on any atom is 0.306 e. The summed E-state index contributed by atoms with van der Waals surface area (Å²) in [6.07, 6.45) is 80.8. The average Bonchev–Trinajstić information content (AvgIpc) is 3.38. The zero-order valence-electron chi connectivity index (χ0n) is 46.9. The van der Waals surface area contributed by atoms with E-state index in [4.69, 9.17) is 14.2 Å². The molecule has 0 radical (unpaired) electrons. The summed E-state index contributed by atoms with van der Waals surface area (Å²) < 4.78 is 16.8. The van der Waals surface area contributed by atoms with Crippen molar-refractivity contribution < 1.29 is 28.6 Å². The van der Waals surface area contributed by atoms with E-state index in [0.29, 0.717) is 19.3 Å². The zero-order valence-corrected chi connectivity index (χ0v) is 46.9. The zero-order chi connectivity index (χ0) is 52.2. The molecule has 0 saturated heterocycles. The van der Waals surface area contributed by atoms with Crippen LogP contribution in [0.4, 0.5) is 0 Å². The molecular formula is C66H110O6. The lowest BCUT2D eigenvalue weighted by Gasteiger charge is -2.18. The Labute approximate surface area is 444 Å². The Morgan fingerprint density at radius 3 is 0.875 bits per heavy atom. The minimum Gasteiger partial charge on any atom is -0.462 e. The van der Waals surface area contributed by atoms with Crippen molar-refractivity contribution in [3.8, 4) is 0 Å². The van der Waals surface area contributed by atoms with Crippen LogP contribution >= 0.6 is 0 Å². The lowest BCUT2D eigenvalue weighted by atomic mass is 10.0. The van der Waals surface area contributed by atoms with E-state index in [1.165, 1.54) is 96.3 Å². The van der Waals surface area contributed by atoms with Crippen LogP contribution in [0.3, 0.4) is 0 Å². The summed E-state index contributed by atoms with van der Waals surface area (Å²) in [5.41, 5.74) is 0. The second-order valence-electron chi connectivity index (χ2n) is 19.5. The van der Waals surface area contributed by atoms with Gasteiger partial charge in [0, 0.05) is 19.3 Å². The third-order valence-electron chi connectivity index (χ3n) is 12.5. The molecule has 72 heavy (non-hydrogen) atoms. The van der Waals surface area contributed by atoms with Gasteiger partial charge in [-0.05, 0) is 103 Å². The molecule has 6 heteroatoms. The van der Waals surface area contributed by atoms with Gasteiger partial charge >= 0.3 is 17.9 Å². The molecule has 1 unspecified atom stereocenters. The first-order valence-electron chi connectivity index (χ1n) is 29.9. The van der Waals surface area contributed by atoms with Crippen LogP contribution in [0, 0.1) is 0 Å². The van der Waals surface area contributed by atoms with Gasteiger partial charge in [0.1, 0.15) is 13.2 Å². The monoisotopic (exact) mass is 999 g/mol. The first kappa shape index (κ1) is 68.1. The molecule has 0 heterocycles. The predicted octanol–water partition coefficient (Wildman–Crippen LogP) is 20.3. The number of unbranched alkanes of at least 4 members (excludes halogenated alkanes) is 24. The largest absolute Gasteiger partial charge is 0.462 e. The van der Waals surface area contributed by atoms with E-state index in [1.54, 1.807) is 0 Å². The van der Waals surface area contributed by atoms with E-state index in [1.807, 2.05) is 0 Å². The van der Waals surface area contributed by atoms with Crippen LogP contribution < -0.4 is 0 Å². The van der Waals surface area contributed by atoms with E-state index in [0.717, 1.165) is 135 Å². The highest BCUT2D eigenvalue weighted by Crippen LogP contribution is 2.16. The summed E-state index contributed by atoms with van der Waals surface area (Å²) in [7, 11) is 0. The number of hydrogen-bond acceptors (Lipinski definition) is 6. The van der Waals surface area contributed by atoms with Crippen molar-refractivity contribution in [2.75, 3.05) is 13.2 Å². The third kappa shape index (κ3) is 57.0. The number of carbonyl (C=O) groups excluding carboxylic acids is 3. The Bertz CT molecular complexity index is 1470. The molecule has 1 atom stereocenters. The van der Waals surface area contributed by atoms with Crippen LogP contribution in [0.5, 0.6) is 0 Å². The van der Waals surface area contributed by atoms with Gasteiger partial charge in [-0.25, -0.2) is 0 Å². The minimum atomic E-state index is -0.804. The van der Waals surface area contributed by atoms with Gasteiger partial charge in [-0.15, -0.1) is 0 Å². The van der Waals surface area contributed by atoms with E-state index in [-0.39, 0.29) is 31.1 Å². The van der Waals surface area contributed by atoms with Crippen LogP contribution in [0.25, 0.3) is 0 Å². The molecule has 0 fully saturated rings. The highest BCUT2D eigenvalue weighted by molar-refractivity contribution is 5.71. The van der Waals surface area contributed by atoms with Gasteiger partial charge in [-0.1, -0.05) is 259 Å². The van der Waals surface area contributed by atoms with Crippen LogP contribution in [0.1, 0.15) is 271 Å². The number of esters is 3. The lowest BCUT2D eigenvalue weighted by Crippen LogP contribution is -2.30. The number of ether oxygens (including phenoxy) is 3. The molecule has 0 bridgehead atoms. The topological polar surface area (TPSA) is 78.9 Å². The highest BCUT2D eigenvalue weighted by Gasteiger charge is 2.19. The molecule has 0 aliphatic rings. The quantitative estimate of drug-likeness (QED) is 0.0261. The van der Waals surface area contributed by atoms with Gasteiger partial charge < -0.3 is 14.2 Å². The molecule has 0 aromatic rings. The normalized spacial score (nSPS) is 12.9. The molecule has 0 spiro atoms. The summed E-state index contributed by atoms with van der Waals surface area (Å²) in [5, 5.41) is 0. The SMILES string of the molecule is CC/C=C\C/C=C\C/C=C\C/C=C\C/C=C\CCCCCCCC(=O)OCC(COC(=O)CCCC/C=C\C/C=C\C/C=C\C/C=C\CC)OC(=O)CCCCCCCCCCCCCCCCCCCC. The average molecular weight is 1000 g/mol. The molecule has 0 amide bonds. The molecule has 0 aliphatic heterocycles. The van der Waals surface area contributed by atoms with Crippen LogP contribution in [-0.4, -0.2) is 37.2 Å². The van der Waals surface area contributed by atoms with Crippen molar-refractivity contribution in [3.63, 3.8) is 0 Å². The van der Waals surface area contributed by atoms with Crippen LogP contribution in [-0.2, 0) is 28.6 Å². The smallest absolute Gasteiger partial charge is 0.306 e. The summed E-state index contributed by atoms with van der Waals surface area (Å²) in [6, 6.07) is 0. The van der Waals surface area contributed by atoms with Crippen molar-refractivity contribution in [3.05, 3.63) is 109 Å². The van der Waals surface area contributed by atoms with Gasteiger partial charge in [0.05, 0.1) is 0 Å². The molecule has 0 aromatic carbocycles. The summed E-state index contributed by atoms with van der Waals surface area (Å²) >= 11 is 0. The number of carbonyl (C=O) groups is 3. The number of allylic oxidation sites excluding steroid dienone is 18. The Morgan fingerprint density at radius 1 is 0.292 bits per heavy atom. The summed E-state index contributed by atoms with van der Waals surface area (Å²) in [6.45, 7) is 6.38. The van der Waals surface area contributed by atoms with Gasteiger partial charge in [-0.2, -0.15) is 0 Å². The Hall–Kier alpha value is -3.93. The molecule has 0 saturated carbocycles. The fraction of sp³-hybridized carbons (Fsp3) is 0.682. The number of hydrogen-bond donors (Lipinski definition) is 0. The molecule has 0 aliphatic carbocycles. The van der Waals surface area contributed by atoms with Crippen molar-refractivity contribution in [2.45, 2.75) is 277 Å². The van der Waals surface area contributed by atoms with Crippen molar-refractivity contribution in [1.82, 2.24) is 0 Å². The van der Waals surface area contributed by atoms with E-state index in [9.17, 15) is 14.4 Å². The first-order valence-corrected chi connectivity index (χ1v) is 29.9. The summed E-state index contributed by atoms with van der Waals surface area (Å²) in [5.74, 6) is -0.955.